The van der Waals surface area contributed by atoms with Gasteiger partial charge in [-0.25, -0.2) is 22.8 Å². The average Bonchev–Trinajstić information content (AvgIpc) is 3.28. The van der Waals surface area contributed by atoms with Crippen LogP contribution in [-0.4, -0.2) is 58.0 Å². The summed E-state index contributed by atoms with van der Waals surface area (Å²) in [6.45, 7) is 7.14. The van der Waals surface area contributed by atoms with Crippen molar-refractivity contribution in [2.45, 2.75) is 58.8 Å². The largest absolute Gasteiger partial charge is 0.372 e. The highest BCUT2D eigenvalue weighted by atomic mass is 19.1. The Morgan fingerprint density at radius 2 is 1.84 bits per heavy atom. The first-order valence-electron chi connectivity index (χ1n) is 12.5. The van der Waals surface area contributed by atoms with E-state index in [1.807, 2.05) is 51.1 Å². The molecule has 0 saturated heterocycles. The van der Waals surface area contributed by atoms with Crippen molar-refractivity contribution < 1.29 is 22.7 Å². The van der Waals surface area contributed by atoms with E-state index < -0.39 is 41.9 Å². The SMILES string of the molecule is CO[C@@H](C)C(=O)N(CC[C@H](N)CF)[C@@H](c1nc(-c2cc(F)ccc2F)nn1Cc1ccccc1)C(C)(C)C. The Morgan fingerprint density at radius 3 is 2.45 bits per heavy atom. The highest BCUT2D eigenvalue weighted by Gasteiger charge is 2.40. The van der Waals surface area contributed by atoms with Gasteiger partial charge in [-0.05, 0) is 42.5 Å². The molecule has 3 atom stereocenters. The number of carbonyl (C=O) groups is 1. The van der Waals surface area contributed by atoms with Gasteiger partial charge in [-0.3, -0.25) is 4.79 Å². The Bertz CT molecular complexity index is 1210. The number of hydrogen-bond acceptors (Lipinski definition) is 5. The molecule has 38 heavy (non-hydrogen) atoms. The monoisotopic (exact) mass is 531 g/mol. The van der Waals surface area contributed by atoms with E-state index in [1.165, 1.54) is 7.11 Å². The van der Waals surface area contributed by atoms with Gasteiger partial charge in [0.2, 0.25) is 0 Å². The minimum absolute atomic E-state index is 0.00479. The lowest BCUT2D eigenvalue weighted by atomic mass is 9.84. The molecule has 2 N–H and O–H groups in total. The predicted molar refractivity (Wildman–Crippen MR) is 140 cm³/mol. The van der Waals surface area contributed by atoms with Crippen molar-refractivity contribution in [3.8, 4) is 11.4 Å². The van der Waals surface area contributed by atoms with E-state index in [-0.39, 0.29) is 36.8 Å². The van der Waals surface area contributed by atoms with Crippen molar-refractivity contribution in [3.63, 3.8) is 0 Å². The van der Waals surface area contributed by atoms with Gasteiger partial charge in [0.25, 0.3) is 5.91 Å². The van der Waals surface area contributed by atoms with E-state index in [2.05, 4.69) is 10.1 Å². The first kappa shape index (κ1) is 29.3. The number of methoxy groups -OCH3 is 1. The van der Waals surface area contributed by atoms with Crippen LogP contribution in [0.1, 0.15) is 51.5 Å². The van der Waals surface area contributed by atoms with E-state index in [0.29, 0.717) is 5.82 Å². The summed E-state index contributed by atoms with van der Waals surface area (Å²) in [7, 11) is 1.43. The summed E-state index contributed by atoms with van der Waals surface area (Å²) in [6, 6.07) is 11.2. The normalized spacial score (nSPS) is 14.2. The van der Waals surface area contributed by atoms with Crippen molar-refractivity contribution in [2.75, 3.05) is 20.3 Å². The minimum Gasteiger partial charge on any atom is -0.372 e. The Labute approximate surface area is 221 Å². The number of rotatable bonds is 11. The number of hydrogen-bond donors (Lipinski definition) is 1. The Kier molecular flexibility index (Phi) is 9.67. The lowest BCUT2D eigenvalue weighted by Gasteiger charge is -2.40. The molecule has 2 aromatic carbocycles. The summed E-state index contributed by atoms with van der Waals surface area (Å²) in [4.78, 5) is 19.9. The van der Waals surface area contributed by atoms with Crippen LogP contribution in [0.3, 0.4) is 0 Å². The van der Waals surface area contributed by atoms with Crippen molar-refractivity contribution in [1.82, 2.24) is 19.7 Å². The molecule has 0 fully saturated rings. The number of ether oxygens (including phenoxy) is 1. The molecule has 10 heteroatoms. The third-order valence-corrected chi connectivity index (χ3v) is 6.34. The Hall–Kier alpha value is -3.24. The van der Waals surface area contributed by atoms with Crippen LogP contribution in [0.2, 0.25) is 0 Å². The van der Waals surface area contributed by atoms with Crippen LogP contribution < -0.4 is 5.73 Å². The predicted octanol–water partition coefficient (Wildman–Crippen LogP) is 4.91. The first-order valence-corrected chi connectivity index (χ1v) is 12.5. The first-order chi connectivity index (χ1) is 18.0. The van der Waals surface area contributed by atoms with Crippen LogP contribution in [0.5, 0.6) is 0 Å². The van der Waals surface area contributed by atoms with Crippen LogP contribution in [0, 0.1) is 17.0 Å². The van der Waals surface area contributed by atoms with Crippen molar-refractivity contribution >= 4 is 5.91 Å². The van der Waals surface area contributed by atoms with E-state index in [1.54, 1.807) is 16.5 Å². The number of halogens is 3. The molecule has 7 nitrogen and oxygen atoms in total. The molecular weight excluding hydrogens is 495 g/mol. The van der Waals surface area contributed by atoms with Gasteiger partial charge in [0.1, 0.15) is 24.4 Å². The molecule has 0 unspecified atom stereocenters. The summed E-state index contributed by atoms with van der Waals surface area (Å²) in [5, 5.41) is 4.58. The molecule has 0 spiro atoms. The number of nitrogens with zero attached hydrogens (tertiary/aromatic N) is 4. The van der Waals surface area contributed by atoms with Crippen LogP contribution in [-0.2, 0) is 16.1 Å². The lowest BCUT2D eigenvalue weighted by molar-refractivity contribution is -0.146. The number of aromatic nitrogens is 3. The molecule has 1 aromatic heterocycles. The summed E-state index contributed by atoms with van der Waals surface area (Å²) in [5.74, 6) is -1.25. The molecule has 3 aromatic rings. The van der Waals surface area contributed by atoms with Crippen molar-refractivity contribution in [2.24, 2.45) is 11.1 Å². The second-order valence-electron chi connectivity index (χ2n) is 10.4. The molecule has 1 amide bonds. The maximum Gasteiger partial charge on any atom is 0.252 e. The molecular formula is C28H36F3N5O2. The molecule has 0 aliphatic carbocycles. The third kappa shape index (κ3) is 6.99. The van der Waals surface area contributed by atoms with Gasteiger partial charge in [0, 0.05) is 19.7 Å². The number of alkyl halides is 1. The molecule has 0 aliphatic heterocycles. The van der Waals surface area contributed by atoms with Gasteiger partial charge < -0.3 is 15.4 Å². The number of amides is 1. The topological polar surface area (TPSA) is 86.3 Å². The fourth-order valence-electron chi connectivity index (χ4n) is 4.29. The van der Waals surface area contributed by atoms with Crippen LogP contribution in [0.25, 0.3) is 11.4 Å². The fourth-order valence-corrected chi connectivity index (χ4v) is 4.29. The zero-order valence-corrected chi connectivity index (χ0v) is 22.5. The summed E-state index contributed by atoms with van der Waals surface area (Å²) in [6.07, 6.45) is -0.573. The van der Waals surface area contributed by atoms with Gasteiger partial charge in [0.05, 0.1) is 18.2 Å². The van der Waals surface area contributed by atoms with E-state index in [9.17, 15) is 18.0 Å². The number of carbonyl (C=O) groups excluding carboxylic acids is 1. The number of benzene rings is 2. The van der Waals surface area contributed by atoms with Gasteiger partial charge in [0.15, 0.2) is 11.6 Å². The summed E-state index contributed by atoms with van der Waals surface area (Å²) < 4.78 is 49.0. The molecule has 0 radical (unpaired) electrons. The van der Waals surface area contributed by atoms with Crippen molar-refractivity contribution in [1.29, 1.82) is 0 Å². The van der Waals surface area contributed by atoms with E-state index in [0.717, 1.165) is 23.8 Å². The second-order valence-corrected chi connectivity index (χ2v) is 10.4. The van der Waals surface area contributed by atoms with Crippen LogP contribution in [0.4, 0.5) is 13.2 Å². The standard InChI is InChI=1S/C28H36F3N5O2/c1-18(38-5)27(37)35(14-13-21(32)16-29)24(28(2,3)4)26-33-25(22-15-20(30)11-12-23(22)31)34-36(26)17-19-9-7-6-8-10-19/h6-12,15,18,21,24H,13-14,16-17,32H2,1-5H3/t18-,21-,24-/m0/s1. The zero-order chi connectivity index (χ0) is 28.0. The van der Waals surface area contributed by atoms with Gasteiger partial charge in [-0.1, -0.05) is 51.1 Å². The maximum absolute atomic E-state index is 14.8. The maximum atomic E-state index is 14.8. The van der Waals surface area contributed by atoms with Crippen LogP contribution >= 0.6 is 0 Å². The molecule has 1 heterocycles. The zero-order valence-electron chi connectivity index (χ0n) is 22.5. The van der Waals surface area contributed by atoms with Gasteiger partial charge >= 0.3 is 0 Å². The van der Waals surface area contributed by atoms with E-state index >= 15 is 0 Å². The summed E-state index contributed by atoms with van der Waals surface area (Å²) >= 11 is 0. The average molecular weight is 532 g/mol. The van der Waals surface area contributed by atoms with Gasteiger partial charge in [-0.2, -0.15) is 5.10 Å². The Balaban J connectivity index is 2.21. The van der Waals surface area contributed by atoms with Gasteiger partial charge in [-0.15, -0.1) is 0 Å². The highest BCUT2D eigenvalue weighted by Crippen LogP contribution is 2.39. The Morgan fingerprint density at radius 1 is 1.16 bits per heavy atom. The van der Waals surface area contributed by atoms with Crippen molar-refractivity contribution in [3.05, 3.63) is 71.6 Å². The quantitative estimate of drug-likeness (QED) is 0.380. The minimum atomic E-state index is -0.785. The summed E-state index contributed by atoms with van der Waals surface area (Å²) in [5.41, 5.74) is 6.08. The number of nitrogens with two attached hydrogens (primary N) is 1. The molecule has 0 aliphatic rings. The molecule has 3 rings (SSSR count). The van der Waals surface area contributed by atoms with E-state index in [4.69, 9.17) is 10.5 Å². The smallest absolute Gasteiger partial charge is 0.252 e. The lowest BCUT2D eigenvalue weighted by Crippen LogP contribution is -2.48. The molecule has 0 saturated carbocycles. The van der Waals surface area contributed by atoms with Crippen LogP contribution in [0.15, 0.2) is 48.5 Å². The highest BCUT2D eigenvalue weighted by molar-refractivity contribution is 5.81. The second kappa shape index (κ2) is 12.5. The third-order valence-electron chi connectivity index (χ3n) is 6.34. The molecule has 206 valence electrons. The molecule has 0 bridgehead atoms. The fraction of sp³-hybridized carbons (Fsp3) is 0.464.